The normalized spacial score (nSPS) is 18.4. The standard InChI is InChI=1S/C13H20BrN5O2/c1-3-15-11-10(14)12(18-8-17-11)19-5-6-21-7-9(19)13(20)16-4-2/h8-9H,3-7H2,1-2H3,(H,16,20)(H,15,17,18). The molecule has 0 saturated carbocycles. The van der Waals surface area contributed by atoms with E-state index < -0.39 is 0 Å². The number of carbonyl (C=O) groups excluding carboxylic acids is 1. The molecule has 0 aliphatic carbocycles. The third kappa shape index (κ3) is 3.62. The van der Waals surface area contributed by atoms with Gasteiger partial charge in [-0.15, -0.1) is 0 Å². The highest BCUT2D eigenvalue weighted by Crippen LogP contribution is 2.31. The van der Waals surface area contributed by atoms with Gasteiger partial charge >= 0.3 is 0 Å². The molecule has 1 unspecified atom stereocenters. The minimum atomic E-state index is -0.376. The number of anilines is 2. The maximum atomic E-state index is 12.2. The van der Waals surface area contributed by atoms with Crippen molar-refractivity contribution in [1.29, 1.82) is 0 Å². The van der Waals surface area contributed by atoms with Crippen LogP contribution < -0.4 is 15.5 Å². The predicted octanol–water partition coefficient (Wildman–Crippen LogP) is 1.01. The smallest absolute Gasteiger partial charge is 0.245 e. The van der Waals surface area contributed by atoms with Gasteiger partial charge in [0.2, 0.25) is 5.91 Å². The van der Waals surface area contributed by atoms with Crippen LogP contribution >= 0.6 is 15.9 Å². The maximum absolute atomic E-state index is 12.2. The maximum Gasteiger partial charge on any atom is 0.245 e. The number of nitrogens with one attached hydrogen (secondary N) is 2. The molecule has 1 aliphatic heterocycles. The first-order valence-corrected chi connectivity index (χ1v) is 7.84. The van der Waals surface area contributed by atoms with Gasteiger partial charge in [-0.1, -0.05) is 0 Å². The van der Waals surface area contributed by atoms with Crippen molar-refractivity contribution in [3.63, 3.8) is 0 Å². The van der Waals surface area contributed by atoms with Crippen LogP contribution in [0.25, 0.3) is 0 Å². The van der Waals surface area contributed by atoms with E-state index in [2.05, 4.69) is 36.5 Å². The Morgan fingerprint density at radius 3 is 3.00 bits per heavy atom. The first-order chi connectivity index (χ1) is 10.2. The van der Waals surface area contributed by atoms with Crippen molar-refractivity contribution < 1.29 is 9.53 Å². The number of nitrogens with zero attached hydrogens (tertiary/aromatic N) is 3. The van der Waals surface area contributed by atoms with Gasteiger partial charge in [-0.2, -0.15) is 0 Å². The zero-order valence-electron chi connectivity index (χ0n) is 12.2. The number of morpholine rings is 1. The van der Waals surface area contributed by atoms with Crippen molar-refractivity contribution in [3.8, 4) is 0 Å². The second kappa shape index (κ2) is 7.56. The average molecular weight is 358 g/mol. The molecule has 2 heterocycles. The van der Waals surface area contributed by atoms with Crippen LogP contribution in [0.2, 0.25) is 0 Å². The number of halogens is 1. The van der Waals surface area contributed by atoms with Gasteiger partial charge in [0.1, 0.15) is 28.5 Å². The highest BCUT2D eigenvalue weighted by molar-refractivity contribution is 9.10. The molecular formula is C13H20BrN5O2. The molecule has 1 atom stereocenters. The molecule has 0 radical (unpaired) electrons. The van der Waals surface area contributed by atoms with Crippen LogP contribution in [0.5, 0.6) is 0 Å². The van der Waals surface area contributed by atoms with Crippen molar-refractivity contribution in [2.24, 2.45) is 0 Å². The Hall–Kier alpha value is -1.41. The van der Waals surface area contributed by atoms with Crippen LogP contribution in [0.4, 0.5) is 11.6 Å². The quantitative estimate of drug-likeness (QED) is 0.818. The lowest BCUT2D eigenvalue weighted by atomic mass is 10.2. The van der Waals surface area contributed by atoms with E-state index >= 15 is 0 Å². The number of hydrogen-bond donors (Lipinski definition) is 2. The van der Waals surface area contributed by atoms with Crippen LogP contribution in [0.3, 0.4) is 0 Å². The van der Waals surface area contributed by atoms with Gasteiger partial charge in [-0.05, 0) is 29.8 Å². The van der Waals surface area contributed by atoms with Gasteiger partial charge < -0.3 is 20.3 Å². The Kier molecular flexibility index (Phi) is 5.75. The van der Waals surface area contributed by atoms with Gasteiger partial charge in [-0.25, -0.2) is 9.97 Å². The molecule has 116 valence electrons. The van der Waals surface area contributed by atoms with E-state index in [0.717, 1.165) is 16.8 Å². The second-order valence-corrected chi connectivity index (χ2v) is 5.36. The number of rotatable bonds is 5. The Bertz CT molecular complexity index is 499. The highest BCUT2D eigenvalue weighted by atomic mass is 79.9. The lowest BCUT2D eigenvalue weighted by molar-refractivity contribution is -0.124. The van der Waals surface area contributed by atoms with E-state index in [1.165, 1.54) is 6.33 Å². The lowest BCUT2D eigenvalue weighted by Gasteiger charge is -2.35. The van der Waals surface area contributed by atoms with E-state index in [1.807, 2.05) is 18.7 Å². The van der Waals surface area contributed by atoms with Crippen LogP contribution in [-0.2, 0) is 9.53 Å². The summed E-state index contributed by atoms with van der Waals surface area (Å²) in [6.07, 6.45) is 1.50. The fourth-order valence-corrected chi connectivity index (χ4v) is 2.79. The van der Waals surface area contributed by atoms with Crippen LogP contribution in [0.1, 0.15) is 13.8 Å². The summed E-state index contributed by atoms with van der Waals surface area (Å²) in [5.41, 5.74) is 0. The van der Waals surface area contributed by atoms with Gasteiger partial charge in [0.15, 0.2) is 0 Å². The van der Waals surface area contributed by atoms with E-state index in [0.29, 0.717) is 32.1 Å². The Morgan fingerprint density at radius 1 is 1.48 bits per heavy atom. The van der Waals surface area contributed by atoms with E-state index in [-0.39, 0.29) is 11.9 Å². The number of likely N-dealkylation sites (N-methyl/N-ethyl adjacent to an activating group) is 1. The molecular weight excluding hydrogens is 338 g/mol. The van der Waals surface area contributed by atoms with E-state index in [9.17, 15) is 4.79 Å². The summed E-state index contributed by atoms with van der Waals surface area (Å²) in [4.78, 5) is 22.7. The van der Waals surface area contributed by atoms with Crippen LogP contribution in [0, 0.1) is 0 Å². The number of aromatic nitrogens is 2. The molecule has 7 nitrogen and oxygen atoms in total. The third-order valence-corrected chi connectivity index (χ3v) is 3.90. The molecule has 1 amide bonds. The van der Waals surface area contributed by atoms with Crippen LogP contribution in [-0.4, -0.2) is 54.8 Å². The average Bonchev–Trinajstić information content (AvgIpc) is 2.50. The summed E-state index contributed by atoms with van der Waals surface area (Å²) in [5.74, 6) is 1.39. The molecule has 0 bridgehead atoms. The second-order valence-electron chi connectivity index (χ2n) is 4.57. The summed E-state index contributed by atoms with van der Waals surface area (Å²) >= 11 is 3.53. The topological polar surface area (TPSA) is 79.4 Å². The van der Waals surface area contributed by atoms with Crippen molar-refractivity contribution in [2.75, 3.05) is 43.1 Å². The number of amides is 1. The third-order valence-electron chi connectivity index (χ3n) is 3.17. The van der Waals surface area contributed by atoms with Gasteiger partial charge in [0, 0.05) is 19.6 Å². The van der Waals surface area contributed by atoms with Gasteiger partial charge in [-0.3, -0.25) is 4.79 Å². The summed E-state index contributed by atoms with van der Waals surface area (Å²) in [6, 6.07) is -0.376. The molecule has 8 heteroatoms. The molecule has 1 saturated heterocycles. The Morgan fingerprint density at radius 2 is 2.29 bits per heavy atom. The SMILES string of the molecule is CCNC(=O)C1COCCN1c1ncnc(NCC)c1Br. The molecule has 1 aromatic rings. The summed E-state index contributed by atoms with van der Waals surface area (Å²) in [5, 5.41) is 6.01. The van der Waals surface area contributed by atoms with E-state index in [4.69, 9.17) is 4.74 Å². The summed E-state index contributed by atoms with van der Waals surface area (Å²) < 4.78 is 6.21. The Labute approximate surface area is 132 Å². The first kappa shape index (κ1) is 16.0. The van der Waals surface area contributed by atoms with Crippen molar-refractivity contribution in [2.45, 2.75) is 19.9 Å². The van der Waals surface area contributed by atoms with E-state index in [1.54, 1.807) is 0 Å². The van der Waals surface area contributed by atoms with Crippen molar-refractivity contribution in [1.82, 2.24) is 15.3 Å². The molecule has 0 spiro atoms. The minimum absolute atomic E-state index is 0.0484. The molecule has 0 aromatic carbocycles. The summed E-state index contributed by atoms with van der Waals surface area (Å²) in [7, 11) is 0. The predicted molar refractivity (Wildman–Crippen MR) is 84.5 cm³/mol. The number of carbonyl (C=O) groups is 1. The largest absolute Gasteiger partial charge is 0.377 e. The highest BCUT2D eigenvalue weighted by Gasteiger charge is 2.31. The van der Waals surface area contributed by atoms with Crippen LogP contribution in [0.15, 0.2) is 10.8 Å². The Balaban J connectivity index is 2.29. The fraction of sp³-hybridized carbons (Fsp3) is 0.615. The van der Waals surface area contributed by atoms with Gasteiger partial charge in [0.05, 0.1) is 13.2 Å². The van der Waals surface area contributed by atoms with Crippen molar-refractivity contribution in [3.05, 3.63) is 10.8 Å². The zero-order valence-corrected chi connectivity index (χ0v) is 13.8. The fourth-order valence-electron chi connectivity index (χ4n) is 2.22. The lowest BCUT2D eigenvalue weighted by Crippen LogP contribution is -2.54. The molecule has 1 aromatic heterocycles. The first-order valence-electron chi connectivity index (χ1n) is 7.05. The van der Waals surface area contributed by atoms with Gasteiger partial charge in [0.25, 0.3) is 0 Å². The summed E-state index contributed by atoms with van der Waals surface area (Å²) in [6.45, 7) is 6.80. The van der Waals surface area contributed by atoms with Crippen molar-refractivity contribution >= 4 is 33.5 Å². The number of ether oxygens (including phenoxy) is 1. The number of hydrogen-bond acceptors (Lipinski definition) is 6. The minimum Gasteiger partial charge on any atom is -0.377 e. The molecule has 21 heavy (non-hydrogen) atoms. The molecule has 2 N–H and O–H groups in total. The molecule has 1 aliphatic rings. The zero-order chi connectivity index (χ0) is 15.2. The molecule has 2 rings (SSSR count). The molecule has 1 fully saturated rings. The monoisotopic (exact) mass is 357 g/mol.